The highest BCUT2D eigenvalue weighted by Crippen LogP contribution is 2.52. The van der Waals surface area contributed by atoms with Crippen molar-refractivity contribution in [2.75, 3.05) is 39.8 Å². The number of thioether (sulfide) groups is 1. The molecule has 0 saturated carbocycles. The summed E-state index contributed by atoms with van der Waals surface area (Å²) in [6.07, 6.45) is 1.38. The highest BCUT2D eigenvalue weighted by atomic mass is 127. The van der Waals surface area contributed by atoms with E-state index >= 15 is 0 Å². The predicted octanol–water partition coefficient (Wildman–Crippen LogP) is 1.62. The average Bonchev–Trinajstić information content (AvgIpc) is 3.60. The van der Waals surface area contributed by atoms with Gasteiger partial charge in [0, 0.05) is 60.5 Å². The fourth-order valence-electron chi connectivity index (χ4n) is 8.04. The van der Waals surface area contributed by atoms with E-state index in [2.05, 4.69) is 7.05 Å². The lowest BCUT2D eigenvalue weighted by molar-refractivity contribution is -0.900. The largest absolute Gasteiger partial charge is 1.00 e. The number of nitro groups is 2. The minimum absolute atomic E-state index is 0. The lowest BCUT2D eigenvalue weighted by Gasteiger charge is -2.46. The Balaban J connectivity index is 0.00000541. The molecule has 286 valence electrons. The first-order chi connectivity index (χ1) is 24.7. The zero-order valence-electron chi connectivity index (χ0n) is 29.8. The normalized spacial score (nSPS) is 26.0. The van der Waals surface area contributed by atoms with E-state index in [0.29, 0.717) is 30.1 Å². The molecule has 4 heterocycles. The first-order valence-electron chi connectivity index (χ1n) is 17.6. The molecule has 17 heteroatoms. The number of nitrogens with zero attached hydrogens (tertiary/aromatic N) is 5. The molecule has 2 amide bonds. The maximum absolute atomic E-state index is 13.6. The summed E-state index contributed by atoms with van der Waals surface area (Å²) in [6.45, 7) is 7.51. The Hall–Kier alpha value is -3.81. The predicted molar refractivity (Wildman–Crippen MR) is 189 cm³/mol. The van der Waals surface area contributed by atoms with Crippen molar-refractivity contribution in [3.05, 3.63) is 90.5 Å². The molecule has 6 atom stereocenters. The number of esters is 1. The summed E-state index contributed by atoms with van der Waals surface area (Å²) in [5.74, 6) is -1.25. The molecule has 15 nitrogen and oxygen atoms in total. The number of ether oxygens (including phenoxy) is 2. The Bertz CT molecular complexity index is 1750. The van der Waals surface area contributed by atoms with Gasteiger partial charge in [0.2, 0.25) is 5.91 Å². The van der Waals surface area contributed by atoms with Crippen molar-refractivity contribution in [3.8, 4) is 0 Å². The van der Waals surface area contributed by atoms with Crippen LogP contribution in [0, 0.1) is 38.0 Å². The Morgan fingerprint density at radius 3 is 2.04 bits per heavy atom. The third-order valence-electron chi connectivity index (χ3n) is 10.8. The third kappa shape index (κ3) is 8.78. The van der Waals surface area contributed by atoms with Crippen molar-refractivity contribution < 1.29 is 67.3 Å². The summed E-state index contributed by atoms with van der Waals surface area (Å²) >= 11 is 1.63. The molecule has 3 saturated heterocycles. The number of hydrogen-bond acceptors (Lipinski definition) is 11. The number of aliphatic hydroxyl groups is 1. The number of hydrogen-bond donors (Lipinski definition) is 1. The van der Waals surface area contributed by atoms with E-state index in [9.17, 15) is 39.7 Å². The van der Waals surface area contributed by atoms with Crippen molar-refractivity contribution in [3.63, 3.8) is 0 Å². The number of halogens is 1. The van der Waals surface area contributed by atoms with Gasteiger partial charge in [-0.15, -0.1) is 11.8 Å². The number of likely N-dealkylation sites (tertiary alicyclic amines) is 2. The monoisotopic (exact) mass is 865 g/mol. The minimum atomic E-state index is -0.854. The zero-order valence-corrected chi connectivity index (χ0v) is 32.8. The van der Waals surface area contributed by atoms with E-state index < -0.39 is 33.9 Å². The molecular formula is C36H44IN5O10S. The molecule has 1 N–H and O–H groups in total. The van der Waals surface area contributed by atoms with Gasteiger partial charge in [-0.3, -0.25) is 25.0 Å². The van der Waals surface area contributed by atoms with E-state index in [4.69, 9.17) is 9.47 Å². The van der Waals surface area contributed by atoms with Crippen molar-refractivity contribution >= 4 is 41.1 Å². The van der Waals surface area contributed by atoms with Crippen LogP contribution in [-0.2, 0) is 32.3 Å². The number of amides is 2. The van der Waals surface area contributed by atoms with Crippen LogP contribution in [0.2, 0.25) is 0 Å². The molecule has 0 aliphatic carbocycles. The molecule has 53 heavy (non-hydrogen) atoms. The van der Waals surface area contributed by atoms with Crippen LogP contribution in [0.4, 0.5) is 16.2 Å². The van der Waals surface area contributed by atoms with E-state index in [-0.39, 0.29) is 77.4 Å². The topological polar surface area (TPSA) is 183 Å². The molecule has 0 radical (unpaired) electrons. The number of quaternary nitrogens is 1. The fraction of sp³-hybridized carbons (Fsp3) is 0.528. The molecular weight excluding hydrogens is 821 g/mol. The number of benzene rings is 2. The summed E-state index contributed by atoms with van der Waals surface area (Å²) in [7, 11) is 2.25. The number of aliphatic hydroxyl groups excluding tert-OH is 1. The van der Waals surface area contributed by atoms with Gasteiger partial charge in [-0.05, 0) is 55.2 Å². The number of non-ortho nitro benzene ring substituents is 2. The Labute approximate surface area is 328 Å². The van der Waals surface area contributed by atoms with Gasteiger partial charge in [0.25, 0.3) is 11.4 Å². The van der Waals surface area contributed by atoms with Gasteiger partial charge in [0.1, 0.15) is 18.9 Å². The zero-order chi connectivity index (χ0) is 37.3. The van der Waals surface area contributed by atoms with Crippen LogP contribution in [0.5, 0.6) is 0 Å². The molecule has 0 spiro atoms. The van der Waals surface area contributed by atoms with Crippen molar-refractivity contribution in [1.29, 1.82) is 0 Å². The molecule has 1 unspecified atom stereocenters. The van der Waals surface area contributed by atoms with Crippen LogP contribution in [0.3, 0.4) is 0 Å². The van der Waals surface area contributed by atoms with Crippen LogP contribution in [0.1, 0.15) is 44.2 Å². The summed E-state index contributed by atoms with van der Waals surface area (Å²) in [4.78, 5) is 64.5. The Morgan fingerprint density at radius 2 is 1.51 bits per heavy atom. The average molecular weight is 866 g/mol. The molecule has 2 aromatic carbocycles. The molecule has 0 bridgehead atoms. The second-order valence-electron chi connectivity index (χ2n) is 14.6. The highest BCUT2D eigenvalue weighted by Gasteiger charge is 2.60. The summed E-state index contributed by atoms with van der Waals surface area (Å²) in [5.41, 5.74) is 1.42. The third-order valence-corrected chi connectivity index (χ3v) is 12.4. The standard InChI is InChI=1S/C36H44N5O10S.HI/c1-22-31-30(23(2)42)34(43)38(31)32(35(44)50-20-25-4-8-27(9-5-25)39(46)47)33(22)52-29-14-17-41(3,19-29)18-24-12-15-37(16-13-24)36(45)51-21-26-6-10-28(11-7-26)40(48)49;/h4-11,22-24,29-31,42H,12-21H2,1-3H3;1H/q+1;/p-1/t22-,23-,29-,30-,31-,41?;/m1./s1. The molecule has 2 aromatic rings. The second-order valence-corrected chi connectivity index (χ2v) is 16.0. The number of carbonyl (C=O) groups excluding carboxylic acids is 3. The van der Waals surface area contributed by atoms with Gasteiger partial charge < -0.3 is 52.8 Å². The van der Waals surface area contributed by atoms with E-state index in [1.165, 1.54) is 41.3 Å². The number of carbonyl (C=O) groups is 3. The maximum atomic E-state index is 13.6. The van der Waals surface area contributed by atoms with Crippen LogP contribution in [0.15, 0.2) is 59.1 Å². The molecule has 3 fully saturated rings. The first kappa shape index (κ1) is 40.4. The lowest BCUT2D eigenvalue weighted by atomic mass is 9.79. The van der Waals surface area contributed by atoms with E-state index in [1.54, 1.807) is 35.7 Å². The van der Waals surface area contributed by atoms with Crippen molar-refractivity contribution in [2.24, 2.45) is 17.8 Å². The minimum Gasteiger partial charge on any atom is -1.00 e. The maximum Gasteiger partial charge on any atom is 0.410 e. The van der Waals surface area contributed by atoms with Gasteiger partial charge in [-0.2, -0.15) is 0 Å². The Morgan fingerprint density at radius 1 is 0.962 bits per heavy atom. The summed E-state index contributed by atoms with van der Waals surface area (Å²) in [5, 5.41) is 32.5. The lowest BCUT2D eigenvalue weighted by Crippen LogP contribution is -3.00. The molecule has 4 aliphatic heterocycles. The van der Waals surface area contributed by atoms with Gasteiger partial charge in [0.05, 0.1) is 59.8 Å². The van der Waals surface area contributed by atoms with E-state index in [1.807, 2.05) is 6.92 Å². The van der Waals surface area contributed by atoms with Crippen molar-refractivity contribution in [2.45, 2.75) is 63.7 Å². The van der Waals surface area contributed by atoms with Gasteiger partial charge in [0.15, 0.2) is 0 Å². The Kier molecular flexibility index (Phi) is 12.7. The quantitative estimate of drug-likeness (QED) is 0.0818. The van der Waals surface area contributed by atoms with Crippen LogP contribution in [-0.4, -0.2) is 104 Å². The van der Waals surface area contributed by atoms with Crippen LogP contribution in [0.25, 0.3) is 0 Å². The summed E-state index contributed by atoms with van der Waals surface area (Å²) < 4.78 is 12.0. The molecule has 0 aromatic heterocycles. The number of rotatable bonds is 12. The van der Waals surface area contributed by atoms with Gasteiger partial charge in [-0.25, -0.2) is 9.59 Å². The molecule has 6 rings (SSSR count). The number of fused-ring (bicyclic) bond motifs is 1. The second kappa shape index (κ2) is 16.7. The van der Waals surface area contributed by atoms with Crippen LogP contribution >= 0.6 is 11.8 Å². The highest BCUT2D eigenvalue weighted by molar-refractivity contribution is 8.03. The van der Waals surface area contributed by atoms with Gasteiger partial charge in [-0.1, -0.05) is 6.92 Å². The number of piperidine rings is 1. The molecule has 4 aliphatic rings. The van der Waals surface area contributed by atoms with Crippen LogP contribution < -0.4 is 24.0 Å². The van der Waals surface area contributed by atoms with E-state index in [0.717, 1.165) is 48.3 Å². The summed E-state index contributed by atoms with van der Waals surface area (Å²) in [6, 6.07) is 11.4. The smallest absolute Gasteiger partial charge is 0.410 e. The fourth-order valence-corrected chi connectivity index (χ4v) is 9.71. The van der Waals surface area contributed by atoms with Crippen molar-refractivity contribution in [1.82, 2.24) is 9.80 Å². The SMILES string of the molecule is C[C@@H](O)[C@H]1C(=O)N2C(C(=O)OCc3ccc([N+](=O)[O-])cc3)=C(S[C@@H]3CC[N+](C)(CC4CCN(C(=O)OCc5ccc([N+](=O)[O-])cc5)CC4)C3)[C@H](C)[C@H]12.[I-]. The number of nitro benzene ring substituents is 2. The number of β-lactam (4-membered cyclic amide) rings is 1. The first-order valence-corrected chi connectivity index (χ1v) is 18.4. The van der Waals surface area contributed by atoms with Gasteiger partial charge >= 0.3 is 12.1 Å².